The lowest BCUT2D eigenvalue weighted by atomic mass is 9.79. The first kappa shape index (κ1) is 48.8. The molecule has 64 heavy (non-hydrogen) atoms. The highest BCUT2D eigenvalue weighted by Gasteiger charge is 2.42. The molecule has 340 valence electrons. The first-order valence-electron chi connectivity index (χ1n) is 21.7. The number of carbonyl (C=O) groups is 2. The highest BCUT2D eigenvalue weighted by Crippen LogP contribution is 2.41. The minimum absolute atomic E-state index is 0.168. The molecule has 6 rings (SSSR count). The quantitative estimate of drug-likeness (QED) is 0.0591. The van der Waals surface area contributed by atoms with E-state index in [0.717, 1.165) is 39.6 Å². The molecule has 3 atom stereocenters. The minimum atomic E-state index is -1.18. The third-order valence-electron chi connectivity index (χ3n) is 11.2. The van der Waals surface area contributed by atoms with Gasteiger partial charge in [0.1, 0.15) is 23.1 Å². The summed E-state index contributed by atoms with van der Waals surface area (Å²) in [6, 6.07) is 30.1. The Hall–Kier alpha value is -6.24. The van der Waals surface area contributed by atoms with Crippen LogP contribution in [0.2, 0.25) is 0 Å². The highest BCUT2D eigenvalue weighted by atomic mass is 16.5. The molecule has 0 saturated carbocycles. The van der Waals surface area contributed by atoms with Gasteiger partial charge in [-0.3, -0.25) is 9.59 Å². The number of aromatic nitrogens is 4. The summed E-state index contributed by atoms with van der Waals surface area (Å²) in [4.78, 5) is 43.0. The highest BCUT2D eigenvalue weighted by molar-refractivity contribution is 5.84. The van der Waals surface area contributed by atoms with Crippen LogP contribution in [-0.2, 0) is 16.1 Å². The van der Waals surface area contributed by atoms with Crippen LogP contribution < -0.4 is 20.1 Å². The zero-order chi connectivity index (χ0) is 47.0. The number of ether oxygens (including phenoxy) is 2. The Kier molecular flexibility index (Phi) is 15.6. The SMILES string of the molecule is CC(C)C.COc1ccccc1C(O)C(C)(C)C(=O)NCc1ncc(-c2ccc(-c3ccc(-c4cnc(C(NC(=O)C(C)(C)C(O)c5ccccc5OC)C(C)(C)C)[nH]4)cc3)cc2)[nH]1. The van der Waals surface area contributed by atoms with E-state index in [1.165, 1.54) is 7.11 Å². The second-order valence-corrected chi connectivity index (χ2v) is 19.0. The minimum Gasteiger partial charge on any atom is -0.496 e. The number of benzene rings is 4. The van der Waals surface area contributed by atoms with Gasteiger partial charge in [0.05, 0.1) is 73.6 Å². The van der Waals surface area contributed by atoms with E-state index in [-0.39, 0.29) is 18.4 Å². The van der Waals surface area contributed by atoms with Gasteiger partial charge in [0.2, 0.25) is 11.8 Å². The van der Waals surface area contributed by atoms with Gasteiger partial charge >= 0.3 is 0 Å². The summed E-state index contributed by atoms with van der Waals surface area (Å²) in [5.41, 5.74) is 3.95. The summed E-state index contributed by atoms with van der Waals surface area (Å²) in [7, 11) is 3.08. The molecule has 0 saturated heterocycles. The summed E-state index contributed by atoms with van der Waals surface area (Å²) < 4.78 is 10.8. The fourth-order valence-electron chi connectivity index (χ4n) is 7.13. The first-order valence-corrected chi connectivity index (χ1v) is 21.7. The van der Waals surface area contributed by atoms with Crippen LogP contribution in [0.4, 0.5) is 0 Å². The molecule has 0 radical (unpaired) electrons. The standard InChI is InChI=1S/C48H56N6O6.C4H10/c1-46(2,3)40(54-45(58)48(6,7)42(56)34-15-11-13-17-38(34)60-9)43-50-27-36(53-43)32-24-20-30(21-25-32)29-18-22-31(23-19-29)35-26-49-39(52-35)28-51-44(57)47(4,5)41(55)33-14-10-12-16-37(33)59-8;1-4(2)3/h10-27,40-42,55-56H,28H2,1-9H3,(H,49,52)(H,50,53)(H,51,57)(H,54,58);4H,1-3H3. The van der Waals surface area contributed by atoms with Crippen molar-refractivity contribution >= 4 is 11.8 Å². The van der Waals surface area contributed by atoms with Crippen molar-refractivity contribution in [3.8, 4) is 45.1 Å². The molecule has 12 heteroatoms. The molecule has 2 amide bonds. The van der Waals surface area contributed by atoms with E-state index in [2.05, 4.69) is 58.5 Å². The van der Waals surface area contributed by atoms with Gasteiger partial charge in [0.25, 0.3) is 0 Å². The summed E-state index contributed by atoms with van der Waals surface area (Å²) in [6.45, 7) is 19.6. The van der Waals surface area contributed by atoms with Gasteiger partial charge in [-0.2, -0.15) is 0 Å². The summed E-state index contributed by atoms with van der Waals surface area (Å²) in [5.74, 6) is 2.45. The smallest absolute Gasteiger partial charge is 0.229 e. The van der Waals surface area contributed by atoms with Gasteiger partial charge < -0.3 is 40.3 Å². The van der Waals surface area contributed by atoms with E-state index in [9.17, 15) is 19.8 Å². The van der Waals surface area contributed by atoms with Crippen molar-refractivity contribution in [1.82, 2.24) is 30.6 Å². The van der Waals surface area contributed by atoms with Crippen molar-refractivity contribution in [3.63, 3.8) is 0 Å². The Morgan fingerprint density at radius 3 is 1.47 bits per heavy atom. The van der Waals surface area contributed by atoms with Crippen molar-refractivity contribution in [2.24, 2.45) is 22.2 Å². The van der Waals surface area contributed by atoms with Crippen LogP contribution in [0, 0.1) is 22.2 Å². The van der Waals surface area contributed by atoms with Gasteiger partial charge in [-0.25, -0.2) is 9.97 Å². The molecule has 2 aromatic heterocycles. The van der Waals surface area contributed by atoms with Crippen molar-refractivity contribution in [2.75, 3.05) is 14.2 Å². The molecule has 0 aliphatic rings. The lowest BCUT2D eigenvalue weighted by Crippen LogP contribution is -2.46. The van der Waals surface area contributed by atoms with E-state index < -0.39 is 34.5 Å². The number of hydrogen-bond donors (Lipinski definition) is 6. The fourth-order valence-corrected chi connectivity index (χ4v) is 7.13. The number of nitrogens with one attached hydrogen (secondary N) is 4. The van der Waals surface area contributed by atoms with Gasteiger partial charge in [0, 0.05) is 11.1 Å². The number of imidazole rings is 2. The number of para-hydroxylation sites is 2. The van der Waals surface area contributed by atoms with Crippen molar-refractivity contribution in [2.45, 2.75) is 94.0 Å². The van der Waals surface area contributed by atoms with Crippen molar-refractivity contribution < 1.29 is 29.3 Å². The maximum Gasteiger partial charge on any atom is 0.229 e. The van der Waals surface area contributed by atoms with Crippen LogP contribution in [0.15, 0.2) is 109 Å². The number of aliphatic hydroxyl groups excluding tert-OH is 2. The molecular weight excluding hydrogens is 805 g/mol. The number of hydrogen-bond acceptors (Lipinski definition) is 8. The van der Waals surface area contributed by atoms with E-state index in [1.807, 2.05) is 75.4 Å². The monoisotopic (exact) mass is 871 g/mol. The van der Waals surface area contributed by atoms with Crippen LogP contribution in [-0.4, -0.2) is 56.2 Å². The Balaban J connectivity index is 0.00000185. The third kappa shape index (κ3) is 11.5. The number of rotatable bonds is 15. The maximum absolute atomic E-state index is 13.8. The number of H-pyrrole nitrogens is 2. The maximum atomic E-state index is 13.8. The Morgan fingerprint density at radius 1 is 0.609 bits per heavy atom. The summed E-state index contributed by atoms with van der Waals surface area (Å²) in [6.07, 6.45) is 1.33. The van der Waals surface area contributed by atoms with E-state index in [0.29, 0.717) is 34.3 Å². The Bertz CT molecular complexity index is 2460. The Labute approximate surface area is 378 Å². The zero-order valence-electron chi connectivity index (χ0n) is 39.3. The number of aromatic amines is 2. The number of methoxy groups -OCH3 is 2. The zero-order valence-corrected chi connectivity index (χ0v) is 39.3. The molecule has 3 unspecified atom stereocenters. The second kappa shape index (κ2) is 20.5. The van der Waals surface area contributed by atoms with Gasteiger partial charge in [-0.15, -0.1) is 0 Å². The average Bonchev–Trinajstić information content (AvgIpc) is 3.97. The predicted molar refractivity (Wildman–Crippen MR) is 253 cm³/mol. The fraction of sp³-hybridized carbons (Fsp3) is 0.385. The molecule has 0 aliphatic heterocycles. The van der Waals surface area contributed by atoms with E-state index in [1.54, 1.807) is 77.5 Å². The second-order valence-electron chi connectivity index (χ2n) is 19.0. The van der Waals surface area contributed by atoms with E-state index >= 15 is 0 Å². The van der Waals surface area contributed by atoms with Crippen molar-refractivity contribution in [1.29, 1.82) is 0 Å². The molecule has 0 fully saturated rings. The summed E-state index contributed by atoms with van der Waals surface area (Å²) in [5, 5.41) is 28.5. The summed E-state index contributed by atoms with van der Waals surface area (Å²) >= 11 is 0. The number of carbonyl (C=O) groups excluding carboxylic acids is 2. The van der Waals surface area contributed by atoms with E-state index in [4.69, 9.17) is 14.5 Å². The predicted octanol–water partition coefficient (Wildman–Crippen LogP) is 10.2. The molecule has 6 aromatic rings. The van der Waals surface area contributed by atoms with Gasteiger partial charge in [0.15, 0.2) is 0 Å². The normalized spacial score (nSPS) is 13.3. The number of nitrogens with zero attached hydrogens (tertiary/aromatic N) is 2. The molecule has 0 bridgehead atoms. The molecule has 12 nitrogen and oxygen atoms in total. The molecule has 4 aromatic carbocycles. The Morgan fingerprint density at radius 2 is 1.02 bits per heavy atom. The topological polar surface area (TPSA) is 174 Å². The number of aliphatic hydroxyl groups is 2. The average molecular weight is 871 g/mol. The van der Waals surface area contributed by atoms with Gasteiger partial charge in [-0.1, -0.05) is 126 Å². The molecular formula is C52H66N6O6. The van der Waals surface area contributed by atoms with Crippen LogP contribution in [0.5, 0.6) is 11.5 Å². The van der Waals surface area contributed by atoms with Gasteiger partial charge in [-0.05, 0) is 73.4 Å². The largest absolute Gasteiger partial charge is 0.496 e. The molecule has 0 spiro atoms. The third-order valence-corrected chi connectivity index (χ3v) is 11.2. The van der Waals surface area contributed by atoms with Crippen molar-refractivity contribution in [3.05, 3.63) is 132 Å². The van der Waals surface area contributed by atoms with Crippen LogP contribution in [0.3, 0.4) is 0 Å². The van der Waals surface area contributed by atoms with Crippen LogP contribution in [0.25, 0.3) is 33.6 Å². The lowest BCUT2D eigenvalue weighted by Gasteiger charge is -2.35. The lowest BCUT2D eigenvalue weighted by molar-refractivity contribution is -0.137. The molecule has 0 aliphatic carbocycles. The molecule has 2 heterocycles. The van der Waals surface area contributed by atoms with Crippen LogP contribution >= 0.6 is 0 Å². The molecule has 6 N–H and O–H groups in total. The first-order chi connectivity index (χ1) is 30.2. The van der Waals surface area contributed by atoms with Crippen LogP contribution in [0.1, 0.15) is 110 Å². The number of amides is 2.